The number of carboxylic acids is 1. The maximum atomic E-state index is 12.5. The van der Waals surface area contributed by atoms with E-state index in [-0.39, 0.29) is 18.1 Å². The Bertz CT molecular complexity index is 1090. The number of nitrogens with one attached hydrogen (secondary N) is 2. The number of aromatic hydroxyl groups is 1. The molecule has 0 radical (unpaired) electrons. The van der Waals surface area contributed by atoms with E-state index in [1.165, 1.54) is 28.5 Å². The van der Waals surface area contributed by atoms with Crippen LogP contribution < -0.4 is 5.32 Å². The van der Waals surface area contributed by atoms with Crippen molar-refractivity contribution in [3.63, 3.8) is 0 Å². The van der Waals surface area contributed by atoms with Gasteiger partial charge in [0, 0.05) is 28.6 Å². The second-order valence-electron chi connectivity index (χ2n) is 9.18. The van der Waals surface area contributed by atoms with Gasteiger partial charge in [0.25, 0.3) is 0 Å². The molecule has 1 amide bonds. The molecule has 190 valence electrons. The zero-order chi connectivity index (χ0) is 25.8. The van der Waals surface area contributed by atoms with Gasteiger partial charge in [0.15, 0.2) is 0 Å². The van der Waals surface area contributed by atoms with Gasteiger partial charge in [-0.1, -0.05) is 34.9 Å². The summed E-state index contributed by atoms with van der Waals surface area (Å²) in [6.45, 7) is 8.52. The highest BCUT2D eigenvalue weighted by atomic mass is 32.2. The average molecular weight is 499 g/mol. The molecule has 7 heteroatoms. The van der Waals surface area contributed by atoms with Gasteiger partial charge in [-0.05, 0) is 77.1 Å². The number of hydrogen-bond acceptors (Lipinski definition) is 4. The Morgan fingerprint density at radius 2 is 1.74 bits per heavy atom. The minimum Gasteiger partial charge on any atom is -0.508 e. The lowest BCUT2D eigenvalue weighted by Crippen LogP contribution is -2.43. The average Bonchev–Trinajstić information content (AvgIpc) is 3.17. The monoisotopic (exact) mass is 498 g/mol. The first-order chi connectivity index (χ1) is 16.7. The van der Waals surface area contributed by atoms with Gasteiger partial charge >= 0.3 is 5.97 Å². The first-order valence-electron chi connectivity index (χ1n) is 12.0. The fourth-order valence-corrected chi connectivity index (χ4v) is 4.63. The van der Waals surface area contributed by atoms with E-state index in [9.17, 15) is 19.8 Å². The number of rotatable bonds is 14. The zero-order valence-electron chi connectivity index (χ0n) is 21.2. The van der Waals surface area contributed by atoms with Crippen LogP contribution >= 0.6 is 11.8 Å². The fraction of sp³-hybridized carbons (Fsp3) is 0.429. The van der Waals surface area contributed by atoms with Gasteiger partial charge < -0.3 is 20.5 Å². The number of benzene rings is 1. The summed E-state index contributed by atoms with van der Waals surface area (Å²) in [5, 5.41) is 22.6. The van der Waals surface area contributed by atoms with Gasteiger partial charge in [-0.15, -0.1) is 0 Å². The number of fused-ring (bicyclic) bond motifs is 1. The third-order valence-corrected chi connectivity index (χ3v) is 6.66. The summed E-state index contributed by atoms with van der Waals surface area (Å²) in [5.41, 5.74) is 5.57. The maximum Gasteiger partial charge on any atom is 0.327 e. The molecule has 2 aromatic rings. The van der Waals surface area contributed by atoms with Crippen molar-refractivity contribution in [2.45, 2.75) is 65.8 Å². The number of phenolic OH excluding ortho intramolecular Hbond substituents is 1. The number of carbonyl (C=O) groups excluding carboxylic acids is 1. The van der Waals surface area contributed by atoms with E-state index in [2.05, 4.69) is 56.2 Å². The van der Waals surface area contributed by atoms with Crippen molar-refractivity contribution in [1.82, 2.24) is 10.3 Å². The number of allylic oxidation sites excluding steroid dienone is 5. The molecular weight excluding hydrogens is 460 g/mol. The molecule has 0 bridgehead atoms. The lowest BCUT2D eigenvalue weighted by molar-refractivity contribution is -0.141. The van der Waals surface area contributed by atoms with Crippen LogP contribution in [0, 0.1) is 0 Å². The number of carboxylic acid groups (broad SMARTS) is 1. The number of phenols is 1. The number of amides is 1. The number of H-pyrrole nitrogens is 1. The van der Waals surface area contributed by atoms with Crippen molar-refractivity contribution < 1.29 is 19.8 Å². The molecule has 0 saturated carbocycles. The minimum atomic E-state index is -1.04. The lowest BCUT2D eigenvalue weighted by Gasteiger charge is -2.14. The SMILES string of the molecule is CC(C)=CCCC(C)=CCCC(C)=CCSCC(NC(=O)Cc1c[nH]c2ccc(O)cc12)C(=O)O. The number of hydrogen-bond donors (Lipinski definition) is 4. The normalized spacial score (nSPS) is 13.0. The molecule has 6 nitrogen and oxygen atoms in total. The summed E-state index contributed by atoms with van der Waals surface area (Å²) < 4.78 is 0. The molecular formula is C28H38N2O4S. The summed E-state index contributed by atoms with van der Waals surface area (Å²) in [7, 11) is 0. The van der Waals surface area contributed by atoms with Crippen LogP contribution in [0.15, 0.2) is 59.3 Å². The molecule has 35 heavy (non-hydrogen) atoms. The van der Waals surface area contributed by atoms with Gasteiger partial charge in [0.05, 0.1) is 6.42 Å². The van der Waals surface area contributed by atoms with Crippen LogP contribution in [0.5, 0.6) is 5.75 Å². The second kappa shape index (κ2) is 14.5. The van der Waals surface area contributed by atoms with Gasteiger partial charge in [0.1, 0.15) is 11.8 Å². The van der Waals surface area contributed by atoms with Crippen LogP contribution in [0.4, 0.5) is 0 Å². The van der Waals surface area contributed by atoms with E-state index in [1.807, 2.05) is 0 Å². The molecule has 0 aliphatic rings. The summed E-state index contributed by atoms with van der Waals surface area (Å²) in [5.74, 6) is -0.288. The number of aromatic nitrogens is 1. The van der Waals surface area contributed by atoms with Crippen molar-refractivity contribution >= 4 is 34.5 Å². The van der Waals surface area contributed by atoms with Crippen molar-refractivity contribution in [2.75, 3.05) is 11.5 Å². The van der Waals surface area contributed by atoms with Crippen LogP contribution in [0.1, 0.15) is 58.9 Å². The molecule has 1 aromatic carbocycles. The molecule has 1 aromatic heterocycles. The van der Waals surface area contributed by atoms with Gasteiger partial charge in [-0.3, -0.25) is 4.79 Å². The third-order valence-electron chi connectivity index (χ3n) is 5.69. The van der Waals surface area contributed by atoms with Crippen LogP contribution in [0.3, 0.4) is 0 Å². The van der Waals surface area contributed by atoms with E-state index in [1.54, 1.807) is 24.4 Å². The van der Waals surface area contributed by atoms with Crippen LogP contribution in [-0.2, 0) is 16.0 Å². The highest BCUT2D eigenvalue weighted by Crippen LogP contribution is 2.23. The quantitative estimate of drug-likeness (QED) is 0.185. The largest absolute Gasteiger partial charge is 0.508 e. The summed E-state index contributed by atoms with van der Waals surface area (Å²) in [6.07, 6.45) is 12.6. The van der Waals surface area contributed by atoms with E-state index in [0.717, 1.165) is 36.6 Å². The van der Waals surface area contributed by atoms with E-state index in [0.29, 0.717) is 17.1 Å². The van der Waals surface area contributed by atoms with Crippen molar-refractivity contribution in [2.24, 2.45) is 0 Å². The first-order valence-corrected chi connectivity index (χ1v) is 13.1. The highest BCUT2D eigenvalue weighted by Gasteiger charge is 2.20. The Morgan fingerprint density at radius 3 is 2.43 bits per heavy atom. The number of thioether (sulfide) groups is 1. The highest BCUT2D eigenvalue weighted by molar-refractivity contribution is 7.99. The standard InChI is InChI=1S/C28H38N2O4S/c1-19(2)7-5-8-20(3)9-6-10-21(4)13-14-35-18-26(28(33)34)30-27(32)15-22-17-29-25-12-11-23(31)16-24(22)25/h7,9,11-13,16-17,26,29,31H,5-6,8,10,14-15,18H2,1-4H3,(H,30,32)(H,33,34). The Kier molecular flexibility index (Phi) is 11.7. The minimum absolute atomic E-state index is 0.0399. The summed E-state index contributed by atoms with van der Waals surface area (Å²) in [6, 6.07) is 3.95. The molecule has 0 spiro atoms. The lowest BCUT2D eigenvalue weighted by atomic mass is 10.1. The molecule has 2 rings (SSSR count). The van der Waals surface area contributed by atoms with E-state index >= 15 is 0 Å². The Hall–Kier alpha value is -2.93. The van der Waals surface area contributed by atoms with E-state index in [4.69, 9.17) is 0 Å². The predicted octanol–water partition coefficient (Wildman–Crippen LogP) is 6.14. The third kappa shape index (κ3) is 10.5. The van der Waals surface area contributed by atoms with Gasteiger partial charge in [-0.25, -0.2) is 4.79 Å². The van der Waals surface area contributed by atoms with Crippen LogP contribution in [0.2, 0.25) is 0 Å². The molecule has 1 atom stereocenters. The topological polar surface area (TPSA) is 102 Å². The van der Waals surface area contributed by atoms with Crippen molar-refractivity contribution in [3.05, 3.63) is 64.9 Å². The molecule has 1 unspecified atom stereocenters. The second-order valence-corrected chi connectivity index (χ2v) is 10.3. The van der Waals surface area contributed by atoms with Crippen molar-refractivity contribution in [3.8, 4) is 5.75 Å². The van der Waals surface area contributed by atoms with Crippen LogP contribution in [-0.4, -0.2) is 44.6 Å². The summed E-state index contributed by atoms with van der Waals surface area (Å²) in [4.78, 5) is 27.2. The predicted molar refractivity (Wildman–Crippen MR) is 146 cm³/mol. The van der Waals surface area contributed by atoms with Gasteiger partial charge in [0.2, 0.25) is 5.91 Å². The molecule has 0 saturated heterocycles. The number of aliphatic carboxylic acids is 1. The first kappa shape index (κ1) is 28.3. The Morgan fingerprint density at radius 1 is 1.06 bits per heavy atom. The molecule has 1 heterocycles. The summed E-state index contributed by atoms with van der Waals surface area (Å²) >= 11 is 1.49. The van der Waals surface area contributed by atoms with Gasteiger partial charge in [-0.2, -0.15) is 11.8 Å². The van der Waals surface area contributed by atoms with Crippen molar-refractivity contribution in [1.29, 1.82) is 0 Å². The Balaban J connectivity index is 1.76. The molecule has 0 aliphatic heterocycles. The zero-order valence-corrected chi connectivity index (χ0v) is 22.0. The number of carbonyl (C=O) groups is 2. The maximum absolute atomic E-state index is 12.5. The number of aromatic amines is 1. The Labute approximate surface area is 212 Å². The molecule has 0 fully saturated rings. The van der Waals surface area contributed by atoms with Crippen LogP contribution in [0.25, 0.3) is 10.9 Å². The molecule has 4 N–H and O–H groups in total. The molecule has 0 aliphatic carbocycles. The fourth-order valence-electron chi connectivity index (χ4n) is 3.63. The smallest absolute Gasteiger partial charge is 0.327 e. The van der Waals surface area contributed by atoms with E-state index < -0.39 is 12.0 Å².